The first-order chi connectivity index (χ1) is 12.6. The number of ether oxygens (including phenoxy) is 2. The van der Waals surface area contributed by atoms with Gasteiger partial charge in [-0.3, -0.25) is 0 Å². The molecule has 1 amide bonds. The summed E-state index contributed by atoms with van der Waals surface area (Å²) in [6.07, 6.45) is 0.0352. The predicted molar refractivity (Wildman–Crippen MR) is 98.7 cm³/mol. The van der Waals surface area contributed by atoms with Gasteiger partial charge in [-0.2, -0.15) is 0 Å². The highest BCUT2D eigenvalue weighted by molar-refractivity contribution is 5.67. The molecular weight excluding hydrogens is 330 g/mol. The Balaban J connectivity index is 1.56. The van der Waals surface area contributed by atoms with Crippen molar-refractivity contribution >= 4 is 6.09 Å². The van der Waals surface area contributed by atoms with Crippen LogP contribution in [-0.4, -0.2) is 35.6 Å². The number of rotatable bonds is 8. The topological polar surface area (TPSA) is 71.1 Å². The Bertz CT molecular complexity index is 700. The number of nitrogens with one attached hydrogen (secondary N) is 1. The van der Waals surface area contributed by atoms with Crippen LogP contribution in [0.2, 0.25) is 0 Å². The molecule has 0 unspecified atom stereocenters. The Kier molecular flexibility index (Phi) is 5.91. The quantitative estimate of drug-likeness (QED) is 0.714. The standard InChI is InChI=1S/C21H25NO4/c1-21(15-26-21)19(23)18(13-12-16-8-4-2-5-9-16)22-20(24)25-14-17-10-6-3-7-11-17/h2-11,18-19,23H,12-15H2,1H3,(H,22,24)/t18-,19+,21-/m0/s1. The van der Waals surface area contributed by atoms with E-state index in [-0.39, 0.29) is 6.61 Å². The van der Waals surface area contributed by atoms with Crippen LogP contribution in [0.25, 0.3) is 0 Å². The van der Waals surface area contributed by atoms with Crippen LogP contribution in [0.3, 0.4) is 0 Å². The van der Waals surface area contributed by atoms with Gasteiger partial charge in [0.1, 0.15) is 18.3 Å². The zero-order valence-corrected chi connectivity index (χ0v) is 14.9. The smallest absolute Gasteiger partial charge is 0.407 e. The third-order valence-corrected chi connectivity index (χ3v) is 4.71. The van der Waals surface area contributed by atoms with Crippen LogP contribution in [0.5, 0.6) is 0 Å². The van der Waals surface area contributed by atoms with Crippen LogP contribution < -0.4 is 5.32 Å². The molecule has 3 rings (SSSR count). The van der Waals surface area contributed by atoms with Gasteiger partial charge in [0.05, 0.1) is 12.6 Å². The number of alkyl carbamates (subject to hydrolysis) is 1. The summed E-state index contributed by atoms with van der Waals surface area (Å²) in [4.78, 5) is 12.2. The molecule has 1 heterocycles. The molecule has 0 saturated carbocycles. The van der Waals surface area contributed by atoms with E-state index >= 15 is 0 Å². The maximum absolute atomic E-state index is 12.2. The Morgan fingerprint density at radius 2 is 1.73 bits per heavy atom. The van der Waals surface area contributed by atoms with Crippen molar-refractivity contribution in [1.82, 2.24) is 5.32 Å². The van der Waals surface area contributed by atoms with Gasteiger partial charge in [-0.15, -0.1) is 0 Å². The van der Waals surface area contributed by atoms with E-state index in [0.29, 0.717) is 13.0 Å². The van der Waals surface area contributed by atoms with Crippen molar-refractivity contribution in [3.63, 3.8) is 0 Å². The van der Waals surface area contributed by atoms with Crippen molar-refractivity contribution in [1.29, 1.82) is 0 Å². The molecule has 0 spiro atoms. The summed E-state index contributed by atoms with van der Waals surface area (Å²) in [6.45, 7) is 2.54. The van der Waals surface area contributed by atoms with Crippen molar-refractivity contribution < 1.29 is 19.4 Å². The lowest BCUT2D eigenvalue weighted by molar-refractivity contribution is 0.0444. The monoisotopic (exact) mass is 355 g/mol. The van der Waals surface area contributed by atoms with Crippen molar-refractivity contribution in [3.8, 4) is 0 Å². The third kappa shape index (κ3) is 5.07. The average molecular weight is 355 g/mol. The van der Waals surface area contributed by atoms with E-state index in [4.69, 9.17) is 9.47 Å². The first kappa shape index (κ1) is 18.4. The molecule has 0 aromatic heterocycles. The summed E-state index contributed by atoms with van der Waals surface area (Å²) in [7, 11) is 0. The van der Waals surface area contributed by atoms with Gasteiger partial charge in [0, 0.05) is 0 Å². The summed E-state index contributed by atoms with van der Waals surface area (Å²) in [5, 5.41) is 13.4. The number of aliphatic hydroxyl groups excluding tert-OH is 1. The second-order valence-corrected chi connectivity index (χ2v) is 6.88. The van der Waals surface area contributed by atoms with E-state index in [9.17, 15) is 9.90 Å². The third-order valence-electron chi connectivity index (χ3n) is 4.71. The number of epoxide rings is 1. The molecule has 5 heteroatoms. The van der Waals surface area contributed by atoms with Gasteiger partial charge >= 0.3 is 6.09 Å². The summed E-state index contributed by atoms with van der Waals surface area (Å²) >= 11 is 0. The Morgan fingerprint density at radius 1 is 1.15 bits per heavy atom. The lowest BCUT2D eigenvalue weighted by atomic mass is 9.93. The SMILES string of the molecule is C[C@@]1([C@H](O)[C@H](CCc2ccccc2)NC(=O)OCc2ccccc2)CO1. The number of hydrogen-bond acceptors (Lipinski definition) is 4. The van der Waals surface area contributed by atoms with Crippen LogP contribution >= 0.6 is 0 Å². The summed E-state index contributed by atoms with van der Waals surface area (Å²) in [5.41, 5.74) is 1.49. The van der Waals surface area contributed by atoms with Gasteiger partial charge in [-0.25, -0.2) is 4.79 Å². The van der Waals surface area contributed by atoms with Crippen LogP contribution in [0.1, 0.15) is 24.5 Å². The molecule has 138 valence electrons. The van der Waals surface area contributed by atoms with Crippen LogP contribution in [0.15, 0.2) is 60.7 Å². The molecule has 2 aromatic carbocycles. The van der Waals surface area contributed by atoms with Gasteiger partial charge in [-0.05, 0) is 30.9 Å². The largest absolute Gasteiger partial charge is 0.445 e. The molecule has 2 N–H and O–H groups in total. The molecule has 1 fully saturated rings. The van der Waals surface area contributed by atoms with E-state index < -0.39 is 23.8 Å². The van der Waals surface area contributed by atoms with Gasteiger partial charge in [0.2, 0.25) is 0 Å². The lowest BCUT2D eigenvalue weighted by Crippen LogP contribution is -2.49. The molecule has 1 aliphatic rings. The average Bonchev–Trinajstić information content (AvgIpc) is 3.43. The zero-order valence-electron chi connectivity index (χ0n) is 14.9. The van der Waals surface area contributed by atoms with Gasteiger partial charge in [0.25, 0.3) is 0 Å². The summed E-state index contributed by atoms with van der Waals surface area (Å²) in [5.74, 6) is 0. The summed E-state index contributed by atoms with van der Waals surface area (Å²) in [6, 6.07) is 19.1. The number of carbonyl (C=O) groups excluding carboxylic acids is 1. The minimum Gasteiger partial charge on any atom is -0.445 e. The molecule has 0 radical (unpaired) electrons. The number of hydrogen-bond donors (Lipinski definition) is 2. The van der Waals surface area contributed by atoms with Crippen LogP contribution in [0.4, 0.5) is 4.79 Å². The van der Waals surface area contributed by atoms with E-state index in [1.54, 1.807) is 0 Å². The highest BCUT2D eigenvalue weighted by Gasteiger charge is 2.49. The number of benzene rings is 2. The zero-order chi connectivity index (χ0) is 18.4. The van der Waals surface area contributed by atoms with E-state index in [1.165, 1.54) is 0 Å². The van der Waals surface area contributed by atoms with E-state index in [1.807, 2.05) is 67.6 Å². The number of aryl methyl sites for hydroxylation is 1. The van der Waals surface area contributed by atoms with Crippen molar-refractivity contribution in [2.45, 2.75) is 44.1 Å². The minimum absolute atomic E-state index is 0.196. The first-order valence-electron chi connectivity index (χ1n) is 8.90. The van der Waals surface area contributed by atoms with Crippen molar-refractivity contribution in [3.05, 3.63) is 71.8 Å². The molecule has 2 aromatic rings. The Hall–Kier alpha value is -2.37. The molecule has 26 heavy (non-hydrogen) atoms. The highest BCUT2D eigenvalue weighted by Crippen LogP contribution is 2.32. The minimum atomic E-state index is -0.782. The molecule has 0 bridgehead atoms. The predicted octanol–water partition coefficient (Wildman–Crippen LogP) is 3.06. The summed E-state index contributed by atoms with van der Waals surface area (Å²) < 4.78 is 10.7. The van der Waals surface area contributed by atoms with Gasteiger partial charge in [-0.1, -0.05) is 60.7 Å². The van der Waals surface area contributed by atoms with Crippen molar-refractivity contribution in [2.75, 3.05) is 6.61 Å². The molecule has 3 atom stereocenters. The lowest BCUT2D eigenvalue weighted by Gasteiger charge is -2.26. The number of carbonyl (C=O) groups is 1. The van der Waals surface area contributed by atoms with Crippen LogP contribution in [0, 0.1) is 0 Å². The fourth-order valence-electron chi connectivity index (χ4n) is 2.90. The van der Waals surface area contributed by atoms with E-state index in [0.717, 1.165) is 17.5 Å². The molecule has 1 aliphatic heterocycles. The second kappa shape index (κ2) is 8.34. The van der Waals surface area contributed by atoms with Crippen LogP contribution in [-0.2, 0) is 22.5 Å². The normalized spacial score (nSPS) is 20.8. The maximum Gasteiger partial charge on any atom is 0.407 e. The fourth-order valence-corrected chi connectivity index (χ4v) is 2.90. The Morgan fingerprint density at radius 3 is 2.31 bits per heavy atom. The first-order valence-corrected chi connectivity index (χ1v) is 8.90. The molecule has 5 nitrogen and oxygen atoms in total. The van der Waals surface area contributed by atoms with Crippen molar-refractivity contribution in [2.24, 2.45) is 0 Å². The molecule has 1 saturated heterocycles. The second-order valence-electron chi connectivity index (χ2n) is 6.88. The van der Waals surface area contributed by atoms with Gasteiger partial charge < -0.3 is 19.9 Å². The molecule has 0 aliphatic carbocycles. The highest BCUT2D eigenvalue weighted by atomic mass is 16.6. The Labute approximate surface area is 153 Å². The molecular formula is C21H25NO4. The number of amides is 1. The number of aliphatic hydroxyl groups is 1. The maximum atomic E-state index is 12.2. The van der Waals surface area contributed by atoms with Gasteiger partial charge in [0.15, 0.2) is 0 Å². The van der Waals surface area contributed by atoms with E-state index in [2.05, 4.69) is 5.32 Å². The fraction of sp³-hybridized carbons (Fsp3) is 0.381.